The van der Waals surface area contributed by atoms with E-state index in [0.29, 0.717) is 11.8 Å². The SMILES string of the molecule is CC1C=CC=C2C(C3=CCC4C=CC=CC4=C3)=c3ccc(-c4ccc(-c5nc6ccccc6n5C5=CCCC=C5)cc4)cc3=C(c3ccc4ccccc4c3)C21. The predicted molar refractivity (Wildman–Crippen MR) is 235 cm³/mol. The average Bonchev–Trinajstić information content (AvgIpc) is 3.65. The lowest BCUT2D eigenvalue weighted by molar-refractivity contribution is 0.597. The monoisotopic (exact) mass is 718 g/mol. The maximum atomic E-state index is 5.16. The summed E-state index contributed by atoms with van der Waals surface area (Å²) in [7, 11) is 0. The van der Waals surface area contributed by atoms with E-state index >= 15 is 0 Å². The maximum absolute atomic E-state index is 5.16. The van der Waals surface area contributed by atoms with Crippen molar-refractivity contribution in [3.05, 3.63) is 215 Å². The number of benzene rings is 5. The zero-order valence-electron chi connectivity index (χ0n) is 31.6. The van der Waals surface area contributed by atoms with Crippen LogP contribution in [0.3, 0.4) is 0 Å². The Kier molecular flexibility index (Phi) is 7.84. The molecule has 0 N–H and O–H groups in total. The third kappa shape index (κ3) is 5.43. The third-order valence-electron chi connectivity index (χ3n) is 12.4. The van der Waals surface area contributed by atoms with Gasteiger partial charge in [0.1, 0.15) is 5.82 Å². The van der Waals surface area contributed by atoms with Crippen LogP contribution in [0.15, 0.2) is 199 Å². The number of allylic oxidation sites excluding steroid dienone is 16. The number of imidazole rings is 1. The normalized spacial score (nSPS) is 21.0. The summed E-state index contributed by atoms with van der Waals surface area (Å²) in [6.07, 6.45) is 31.0. The van der Waals surface area contributed by atoms with Gasteiger partial charge in [-0.25, -0.2) is 4.98 Å². The number of fused-ring (bicyclic) bond motifs is 5. The molecule has 3 unspecified atom stereocenters. The summed E-state index contributed by atoms with van der Waals surface area (Å²) in [5.74, 6) is 2.01. The van der Waals surface area contributed by atoms with E-state index in [9.17, 15) is 0 Å². The van der Waals surface area contributed by atoms with Crippen molar-refractivity contribution >= 4 is 38.6 Å². The number of aromatic nitrogens is 2. The first-order valence-electron chi connectivity index (χ1n) is 20.2. The smallest absolute Gasteiger partial charge is 0.145 e. The van der Waals surface area contributed by atoms with Gasteiger partial charge < -0.3 is 0 Å². The van der Waals surface area contributed by atoms with Crippen LogP contribution in [0.4, 0.5) is 0 Å². The van der Waals surface area contributed by atoms with E-state index in [0.717, 1.165) is 41.7 Å². The minimum atomic E-state index is 0.233. The zero-order chi connectivity index (χ0) is 37.2. The zero-order valence-corrected chi connectivity index (χ0v) is 31.6. The fraction of sp³-hybridized carbons (Fsp3) is 0.130. The molecule has 0 saturated heterocycles. The minimum Gasteiger partial charge on any atom is -0.293 e. The average molecular weight is 719 g/mol. The molecule has 6 aromatic rings. The Morgan fingerprint density at radius 3 is 2.38 bits per heavy atom. The van der Waals surface area contributed by atoms with E-state index < -0.39 is 0 Å². The van der Waals surface area contributed by atoms with Gasteiger partial charge in [0.15, 0.2) is 0 Å². The lowest BCUT2D eigenvalue weighted by atomic mass is 9.67. The summed E-state index contributed by atoms with van der Waals surface area (Å²) in [6, 6.07) is 40.6. The van der Waals surface area contributed by atoms with Crippen molar-refractivity contribution in [3.8, 4) is 22.5 Å². The molecular formula is C54H42N2. The molecule has 2 nitrogen and oxygen atoms in total. The second-order valence-corrected chi connectivity index (χ2v) is 15.8. The Bertz CT molecular complexity index is 3000. The van der Waals surface area contributed by atoms with E-state index in [2.05, 4.69) is 194 Å². The fourth-order valence-electron chi connectivity index (χ4n) is 9.69. The molecule has 0 radical (unpaired) electrons. The molecule has 2 heteroatoms. The van der Waals surface area contributed by atoms with Crippen molar-refractivity contribution in [2.45, 2.75) is 26.2 Å². The van der Waals surface area contributed by atoms with Gasteiger partial charge in [0.2, 0.25) is 0 Å². The van der Waals surface area contributed by atoms with Crippen LogP contribution in [-0.4, -0.2) is 9.55 Å². The largest absolute Gasteiger partial charge is 0.293 e. The van der Waals surface area contributed by atoms with Gasteiger partial charge >= 0.3 is 0 Å². The van der Waals surface area contributed by atoms with E-state index in [1.54, 1.807) is 0 Å². The molecule has 0 bridgehead atoms. The summed E-state index contributed by atoms with van der Waals surface area (Å²) < 4.78 is 2.32. The predicted octanol–water partition coefficient (Wildman–Crippen LogP) is 11.8. The molecule has 0 aliphatic heterocycles. The number of hydrogen-bond acceptors (Lipinski definition) is 1. The first-order valence-corrected chi connectivity index (χ1v) is 20.2. The Balaban J connectivity index is 1.11. The van der Waals surface area contributed by atoms with E-state index in [4.69, 9.17) is 4.98 Å². The van der Waals surface area contributed by atoms with Gasteiger partial charge in [-0.3, -0.25) is 4.57 Å². The number of rotatable bonds is 5. The maximum Gasteiger partial charge on any atom is 0.145 e. The van der Waals surface area contributed by atoms with Gasteiger partial charge in [-0.1, -0.05) is 159 Å². The van der Waals surface area contributed by atoms with Crippen LogP contribution in [0.2, 0.25) is 0 Å². The summed E-state index contributed by atoms with van der Waals surface area (Å²) >= 11 is 0. The number of para-hydroxylation sites is 2. The van der Waals surface area contributed by atoms with Gasteiger partial charge in [0.05, 0.1) is 11.0 Å². The van der Waals surface area contributed by atoms with E-state index in [1.807, 2.05) is 0 Å². The third-order valence-corrected chi connectivity index (χ3v) is 12.4. The Morgan fingerprint density at radius 2 is 1.48 bits per heavy atom. The molecule has 1 aromatic heterocycles. The first kappa shape index (κ1) is 32.9. The molecule has 11 rings (SSSR count). The van der Waals surface area contributed by atoms with Gasteiger partial charge in [0, 0.05) is 23.1 Å². The van der Waals surface area contributed by atoms with Gasteiger partial charge in [-0.15, -0.1) is 0 Å². The van der Waals surface area contributed by atoms with Crippen LogP contribution in [0, 0.1) is 17.8 Å². The highest BCUT2D eigenvalue weighted by Gasteiger charge is 2.34. The Hall–Kier alpha value is -6.51. The van der Waals surface area contributed by atoms with Crippen molar-refractivity contribution in [1.82, 2.24) is 9.55 Å². The second-order valence-electron chi connectivity index (χ2n) is 15.8. The fourth-order valence-corrected chi connectivity index (χ4v) is 9.69. The van der Waals surface area contributed by atoms with Gasteiger partial charge in [0.25, 0.3) is 0 Å². The highest BCUT2D eigenvalue weighted by Crippen LogP contribution is 2.45. The molecule has 5 aliphatic carbocycles. The topological polar surface area (TPSA) is 17.8 Å². The van der Waals surface area contributed by atoms with Crippen LogP contribution in [-0.2, 0) is 0 Å². The lowest BCUT2D eigenvalue weighted by Crippen LogP contribution is -2.40. The minimum absolute atomic E-state index is 0.233. The second kappa shape index (κ2) is 13.4. The standard InChI is InChI=1S/C54H42N2/c1-35-12-11-19-47-51(35)53(44-29-25-37-14-6-8-16-41(37)33-44)48-34-42(30-31-46(48)52(47)43-28-24-36-13-5-7-15-40(36)32-43)38-22-26-39(27-23-38)54-55-49-20-9-10-21-50(49)56(54)45-17-3-2-4-18-45/h3,5-23,25-36,51H,2,4,24H2,1H3. The molecule has 0 fully saturated rings. The summed E-state index contributed by atoms with van der Waals surface area (Å²) in [6.45, 7) is 2.39. The van der Waals surface area contributed by atoms with Crippen molar-refractivity contribution in [2.75, 3.05) is 0 Å². The van der Waals surface area contributed by atoms with Crippen molar-refractivity contribution < 1.29 is 0 Å². The lowest BCUT2D eigenvalue weighted by Gasteiger charge is -2.36. The molecule has 5 aromatic carbocycles. The summed E-state index contributed by atoms with van der Waals surface area (Å²) in [5.41, 5.74) is 15.2. The quantitative estimate of drug-likeness (QED) is 0.174. The molecule has 1 heterocycles. The van der Waals surface area contributed by atoms with E-state index in [1.165, 1.54) is 71.5 Å². The number of nitrogens with zero attached hydrogens (tertiary/aromatic N) is 2. The highest BCUT2D eigenvalue weighted by molar-refractivity contribution is 5.94. The highest BCUT2D eigenvalue weighted by atomic mass is 15.1. The van der Waals surface area contributed by atoms with Crippen LogP contribution in [0.25, 0.3) is 61.2 Å². The van der Waals surface area contributed by atoms with Crippen molar-refractivity contribution in [3.63, 3.8) is 0 Å². The molecule has 0 amide bonds. The van der Waals surface area contributed by atoms with Gasteiger partial charge in [-0.05, 0) is 121 Å². The Morgan fingerprint density at radius 1 is 0.661 bits per heavy atom. The van der Waals surface area contributed by atoms with Crippen LogP contribution >= 0.6 is 0 Å². The van der Waals surface area contributed by atoms with Crippen LogP contribution < -0.4 is 10.4 Å². The summed E-state index contributed by atoms with van der Waals surface area (Å²) in [4.78, 5) is 5.16. The summed E-state index contributed by atoms with van der Waals surface area (Å²) in [5, 5.41) is 5.20. The van der Waals surface area contributed by atoms with Crippen LogP contribution in [0.1, 0.15) is 31.7 Å². The molecule has 3 atom stereocenters. The van der Waals surface area contributed by atoms with Crippen molar-refractivity contribution in [1.29, 1.82) is 0 Å². The molecule has 5 aliphatic rings. The molecule has 0 spiro atoms. The van der Waals surface area contributed by atoms with Crippen molar-refractivity contribution in [2.24, 2.45) is 17.8 Å². The molecule has 0 saturated carbocycles. The van der Waals surface area contributed by atoms with Gasteiger partial charge in [-0.2, -0.15) is 0 Å². The van der Waals surface area contributed by atoms with Crippen LogP contribution in [0.5, 0.6) is 0 Å². The number of hydrogen-bond donors (Lipinski definition) is 0. The molecule has 56 heavy (non-hydrogen) atoms. The van der Waals surface area contributed by atoms with E-state index in [-0.39, 0.29) is 5.92 Å². The molecule has 268 valence electrons. The first-order chi connectivity index (χ1) is 27.7. The molecular weight excluding hydrogens is 677 g/mol. The Labute approximate surface area is 328 Å².